The molecule has 0 fully saturated rings. The summed E-state index contributed by atoms with van der Waals surface area (Å²) in [5, 5.41) is 1.07. The first-order valence-corrected chi connectivity index (χ1v) is 8.67. The number of nitrogens with zero attached hydrogens (tertiary/aromatic N) is 4. The van der Waals surface area contributed by atoms with Crippen molar-refractivity contribution in [3.63, 3.8) is 0 Å². The van der Waals surface area contributed by atoms with E-state index in [1.165, 1.54) is 0 Å². The molecule has 4 rings (SSSR count). The summed E-state index contributed by atoms with van der Waals surface area (Å²) in [6.45, 7) is 4.03. The summed E-state index contributed by atoms with van der Waals surface area (Å²) in [7, 11) is 0. The van der Waals surface area contributed by atoms with Crippen LogP contribution in [-0.4, -0.2) is 19.9 Å². The molecular formula is C21H19N5O. The van der Waals surface area contributed by atoms with Crippen molar-refractivity contribution in [1.82, 2.24) is 19.9 Å². The Labute approximate surface area is 157 Å². The van der Waals surface area contributed by atoms with Gasteiger partial charge in [-0.15, -0.1) is 0 Å². The molecule has 0 radical (unpaired) electrons. The summed E-state index contributed by atoms with van der Waals surface area (Å²) < 4.78 is 6.03. The number of hydrogen-bond donors (Lipinski definition) is 1. The largest absolute Gasteiger partial charge is 0.470 e. The molecule has 4 aromatic rings. The maximum atomic E-state index is 6.03. The minimum absolute atomic E-state index is 0.180. The maximum absolute atomic E-state index is 6.03. The van der Waals surface area contributed by atoms with Gasteiger partial charge in [-0.2, -0.15) is 4.98 Å². The SMILES string of the molecule is Cc1cccc2cc(C(C)Oc3ccnc(N)n3)c(-c3cccnc3)nc12. The van der Waals surface area contributed by atoms with E-state index in [9.17, 15) is 0 Å². The van der Waals surface area contributed by atoms with Crippen LogP contribution in [0.5, 0.6) is 5.88 Å². The van der Waals surface area contributed by atoms with E-state index in [0.717, 1.165) is 33.3 Å². The molecule has 0 saturated carbocycles. The monoisotopic (exact) mass is 357 g/mol. The molecule has 27 heavy (non-hydrogen) atoms. The molecule has 3 aromatic heterocycles. The van der Waals surface area contributed by atoms with Crippen molar-refractivity contribution in [3.05, 3.63) is 72.2 Å². The zero-order valence-electron chi connectivity index (χ0n) is 15.1. The van der Waals surface area contributed by atoms with Crippen LogP contribution in [0.3, 0.4) is 0 Å². The third kappa shape index (κ3) is 3.42. The lowest BCUT2D eigenvalue weighted by atomic mass is 9.99. The molecule has 0 bridgehead atoms. The van der Waals surface area contributed by atoms with Gasteiger partial charge in [-0.1, -0.05) is 18.2 Å². The number of anilines is 1. The number of nitrogen functional groups attached to an aromatic ring is 1. The number of rotatable bonds is 4. The van der Waals surface area contributed by atoms with Gasteiger partial charge in [0.1, 0.15) is 6.10 Å². The number of fused-ring (bicyclic) bond motifs is 1. The molecule has 3 heterocycles. The van der Waals surface area contributed by atoms with Crippen molar-refractivity contribution in [2.45, 2.75) is 20.0 Å². The second kappa shape index (κ2) is 6.99. The Hall–Kier alpha value is -3.54. The molecule has 6 heteroatoms. The Morgan fingerprint density at radius 3 is 2.70 bits per heavy atom. The van der Waals surface area contributed by atoms with Gasteiger partial charge in [0.2, 0.25) is 11.8 Å². The van der Waals surface area contributed by atoms with E-state index in [0.29, 0.717) is 5.88 Å². The number of hydrogen-bond acceptors (Lipinski definition) is 6. The molecule has 134 valence electrons. The van der Waals surface area contributed by atoms with E-state index in [4.69, 9.17) is 15.5 Å². The van der Waals surface area contributed by atoms with Crippen LogP contribution in [0, 0.1) is 6.92 Å². The molecule has 1 atom stereocenters. The van der Waals surface area contributed by atoms with Crippen LogP contribution in [0.1, 0.15) is 24.2 Å². The molecule has 0 saturated heterocycles. The number of ether oxygens (including phenoxy) is 1. The Kier molecular flexibility index (Phi) is 4.38. The third-order valence-electron chi connectivity index (χ3n) is 4.40. The van der Waals surface area contributed by atoms with Crippen molar-refractivity contribution in [3.8, 4) is 17.1 Å². The smallest absolute Gasteiger partial charge is 0.223 e. The van der Waals surface area contributed by atoms with Gasteiger partial charge in [-0.05, 0) is 37.6 Å². The Morgan fingerprint density at radius 1 is 1.04 bits per heavy atom. The van der Waals surface area contributed by atoms with E-state index in [1.807, 2.05) is 31.3 Å². The summed E-state index contributed by atoms with van der Waals surface area (Å²) in [4.78, 5) is 17.2. The van der Waals surface area contributed by atoms with Gasteiger partial charge in [0, 0.05) is 41.2 Å². The average molecular weight is 357 g/mol. The van der Waals surface area contributed by atoms with Gasteiger partial charge in [0.05, 0.1) is 11.2 Å². The minimum Gasteiger partial charge on any atom is -0.470 e. The quantitative estimate of drug-likeness (QED) is 0.591. The fourth-order valence-electron chi connectivity index (χ4n) is 3.07. The van der Waals surface area contributed by atoms with Gasteiger partial charge in [0.25, 0.3) is 0 Å². The number of aromatic nitrogens is 4. The number of pyridine rings is 2. The lowest BCUT2D eigenvalue weighted by Crippen LogP contribution is -2.08. The van der Waals surface area contributed by atoms with Crippen LogP contribution >= 0.6 is 0 Å². The highest BCUT2D eigenvalue weighted by Gasteiger charge is 2.18. The maximum Gasteiger partial charge on any atom is 0.223 e. The van der Waals surface area contributed by atoms with Crippen molar-refractivity contribution < 1.29 is 4.74 Å². The summed E-state index contributed by atoms with van der Waals surface area (Å²) in [6.07, 6.45) is 4.85. The van der Waals surface area contributed by atoms with E-state index < -0.39 is 0 Å². The van der Waals surface area contributed by atoms with Gasteiger partial charge < -0.3 is 10.5 Å². The summed E-state index contributed by atoms with van der Waals surface area (Å²) >= 11 is 0. The Morgan fingerprint density at radius 2 is 1.93 bits per heavy atom. The highest BCUT2D eigenvalue weighted by Crippen LogP contribution is 2.32. The minimum atomic E-state index is -0.285. The number of nitrogens with two attached hydrogens (primary N) is 1. The first kappa shape index (κ1) is 16.9. The first-order chi connectivity index (χ1) is 13.1. The number of para-hydroxylation sites is 1. The summed E-state index contributed by atoms with van der Waals surface area (Å²) in [5.74, 6) is 0.607. The van der Waals surface area contributed by atoms with Gasteiger partial charge >= 0.3 is 0 Å². The van der Waals surface area contributed by atoms with Gasteiger partial charge in [-0.25, -0.2) is 9.97 Å². The highest BCUT2D eigenvalue weighted by molar-refractivity contribution is 5.85. The molecular weight excluding hydrogens is 338 g/mol. The lowest BCUT2D eigenvalue weighted by molar-refractivity contribution is 0.218. The molecule has 0 aliphatic rings. The molecule has 0 aliphatic heterocycles. The van der Waals surface area contributed by atoms with E-state index in [2.05, 4.69) is 40.1 Å². The van der Waals surface area contributed by atoms with Crippen LogP contribution in [0.15, 0.2) is 61.1 Å². The predicted molar refractivity (Wildman–Crippen MR) is 105 cm³/mol. The normalized spacial score (nSPS) is 12.1. The predicted octanol–water partition coefficient (Wildman–Crippen LogP) is 4.12. The Bertz CT molecular complexity index is 1100. The molecule has 0 spiro atoms. The molecule has 0 amide bonds. The molecule has 1 aromatic carbocycles. The van der Waals surface area contributed by atoms with Crippen LogP contribution < -0.4 is 10.5 Å². The third-order valence-corrected chi connectivity index (χ3v) is 4.40. The second-order valence-electron chi connectivity index (χ2n) is 6.33. The fraction of sp³-hybridized carbons (Fsp3) is 0.143. The summed E-state index contributed by atoms with van der Waals surface area (Å²) in [6, 6.07) is 13.9. The molecule has 1 unspecified atom stereocenters. The molecule has 6 nitrogen and oxygen atoms in total. The fourth-order valence-corrected chi connectivity index (χ4v) is 3.07. The topological polar surface area (TPSA) is 86.8 Å². The van der Waals surface area contributed by atoms with Crippen LogP contribution in [0.4, 0.5) is 5.95 Å². The highest BCUT2D eigenvalue weighted by atomic mass is 16.5. The van der Waals surface area contributed by atoms with Crippen molar-refractivity contribution in [2.24, 2.45) is 0 Å². The van der Waals surface area contributed by atoms with E-state index in [1.54, 1.807) is 18.5 Å². The van der Waals surface area contributed by atoms with Crippen LogP contribution in [0.25, 0.3) is 22.2 Å². The number of aryl methyl sites for hydroxylation is 1. The standard InChI is InChI=1S/C21H19N5O/c1-13-5-3-6-15-11-17(14(2)27-18-8-10-24-21(22)25-18)20(26-19(13)15)16-7-4-9-23-12-16/h3-12,14H,1-2H3,(H2,22,24,25). The average Bonchev–Trinajstić information content (AvgIpc) is 2.68. The molecule has 0 aliphatic carbocycles. The Balaban J connectivity index is 1.84. The van der Waals surface area contributed by atoms with Gasteiger partial charge in [0.15, 0.2) is 0 Å². The van der Waals surface area contributed by atoms with Crippen LogP contribution in [0.2, 0.25) is 0 Å². The lowest BCUT2D eigenvalue weighted by Gasteiger charge is -2.19. The zero-order valence-corrected chi connectivity index (χ0v) is 15.1. The van der Waals surface area contributed by atoms with E-state index >= 15 is 0 Å². The summed E-state index contributed by atoms with van der Waals surface area (Å²) in [5.41, 5.74) is 10.5. The van der Waals surface area contributed by atoms with E-state index in [-0.39, 0.29) is 12.1 Å². The van der Waals surface area contributed by atoms with Crippen LogP contribution in [-0.2, 0) is 0 Å². The molecule has 2 N–H and O–H groups in total. The zero-order chi connectivity index (χ0) is 18.8. The van der Waals surface area contributed by atoms with Crippen molar-refractivity contribution in [1.29, 1.82) is 0 Å². The first-order valence-electron chi connectivity index (χ1n) is 8.67. The second-order valence-corrected chi connectivity index (χ2v) is 6.33. The van der Waals surface area contributed by atoms with Gasteiger partial charge in [-0.3, -0.25) is 4.98 Å². The van der Waals surface area contributed by atoms with Crippen molar-refractivity contribution >= 4 is 16.9 Å². The van der Waals surface area contributed by atoms with Crippen molar-refractivity contribution in [2.75, 3.05) is 5.73 Å². The number of benzene rings is 1.